The number of nitrogens with one attached hydrogen (secondary N) is 1. The lowest BCUT2D eigenvalue weighted by Crippen LogP contribution is -2.41. The van der Waals surface area contributed by atoms with E-state index in [1.54, 1.807) is 6.07 Å². The smallest absolute Gasteiger partial charge is 0.240 e. The Morgan fingerprint density at radius 3 is 2.41 bits per heavy atom. The first-order valence-corrected chi connectivity index (χ1v) is 9.02. The van der Waals surface area contributed by atoms with Crippen LogP contribution in [0.3, 0.4) is 0 Å². The molecule has 0 fully saturated rings. The minimum atomic E-state index is -3.64. The molecule has 0 amide bonds. The molecule has 4 nitrogen and oxygen atoms in total. The van der Waals surface area contributed by atoms with Crippen LogP contribution in [-0.4, -0.2) is 19.4 Å². The number of sulfonamides is 1. The van der Waals surface area contributed by atoms with Crippen molar-refractivity contribution in [1.82, 2.24) is 9.71 Å². The molecule has 0 radical (unpaired) electrons. The number of nitrogens with zero attached hydrogens (tertiary/aromatic N) is 1. The second-order valence-electron chi connectivity index (χ2n) is 6.31. The van der Waals surface area contributed by atoms with Crippen molar-refractivity contribution in [3.63, 3.8) is 0 Å². The molecule has 1 aromatic heterocycles. The van der Waals surface area contributed by atoms with Gasteiger partial charge in [-0.25, -0.2) is 18.1 Å². The molecule has 1 atom stereocenters. The Morgan fingerprint density at radius 1 is 1.18 bits per heavy atom. The van der Waals surface area contributed by atoms with Crippen molar-refractivity contribution in [3.8, 4) is 0 Å². The molecule has 2 rings (SSSR count). The average Bonchev–Trinajstić information content (AvgIpc) is 2.41. The summed E-state index contributed by atoms with van der Waals surface area (Å²) < 4.78 is 27.7. The van der Waals surface area contributed by atoms with E-state index in [1.807, 2.05) is 27.7 Å². The fourth-order valence-electron chi connectivity index (χ4n) is 1.80. The fraction of sp³-hybridized carbons (Fsp3) is 0.400. The SMILES string of the molecule is C[C@@H](NS(=O)(=O)c1ccc2c(Cl)cnc(Cl)c2c1)C(C)(C)C. The Morgan fingerprint density at radius 2 is 1.82 bits per heavy atom. The highest BCUT2D eigenvalue weighted by Crippen LogP contribution is 2.30. The summed E-state index contributed by atoms with van der Waals surface area (Å²) in [4.78, 5) is 4.09. The van der Waals surface area contributed by atoms with Crippen molar-refractivity contribution in [3.05, 3.63) is 34.6 Å². The lowest BCUT2D eigenvalue weighted by atomic mass is 9.89. The van der Waals surface area contributed by atoms with Crippen molar-refractivity contribution >= 4 is 44.0 Å². The van der Waals surface area contributed by atoms with Gasteiger partial charge in [0, 0.05) is 23.0 Å². The summed E-state index contributed by atoms with van der Waals surface area (Å²) in [6.07, 6.45) is 1.44. The quantitative estimate of drug-likeness (QED) is 0.832. The van der Waals surface area contributed by atoms with E-state index >= 15 is 0 Å². The maximum absolute atomic E-state index is 12.5. The molecule has 7 heteroatoms. The first-order valence-electron chi connectivity index (χ1n) is 6.78. The van der Waals surface area contributed by atoms with Gasteiger partial charge >= 0.3 is 0 Å². The van der Waals surface area contributed by atoms with Crippen molar-refractivity contribution in [2.45, 2.75) is 38.6 Å². The lowest BCUT2D eigenvalue weighted by molar-refractivity contribution is 0.317. The number of hydrogen-bond donors (Lipinski definition) is 1. The molecule has 2 aromatic rings. The maximum atomic E-state index is 12.5. The third-order valence-corrected chi connectivity index (χ3v) is 5.84. The molecule has 0 saturated heterocycles. The highest BCUT2D eigenvalue weighted by molar-refractivity contribution is 7.89. The van der Waals surface area contributed by atoms with Crippen LogP contribution in [0.15, 0.2) is 29.3 Å². The van der Waals surface area contributed by atoms with E-state index in [-0.39, 0.29) is 21.5 Å². The number of hydrogen-bond acceptors (Lipinski definition) is 3. The normalized spacial score (nSPS) is 14.3. The molecule has 22 heavy (non-hydrogen) atoms. The molecule has 0 aliphatic heterocycles. The van der Waals surface area contributed by atoms with Gasteiger partial charge < -0.3 is 0 Å². The first-order chi connectivity index (χ1) is 10.0. The number of aromatic nitrogens is 1. The zero-order chi connectivity index (χ0) is 16.7. The topological polar surface area (TPSA) is 59.1 Å². The van der Waals surface area contributed by atoms with Gasteiger partial charge in [-0.1, -0.05) is 50.0 Å². The van der Waals surface area contributed by atoms with Crippen LogP contribution in [0.2, 0.25) is 10.2 Å². The number of pyridine rings is 1. The largest absolute Gasteiger partial charge is 0.242 e. The summed E-state index contributed by atoms with van der Waals surface area (Å²) in [5.41, 5.74) is -0.188. The molecule has 0 aliphatic carbocycles. The van der Waals surface area contributed by atoms with Crippen molar-refractivity contribution in [1.29, 1.82) is 0 Å². The third kappa shape index (κ3) is 3.54. The predicted molar refractivity (Wildman–Crippen MR) is 91.0 cm³/mol. The summed E-state index contributed by atoms with van der Waals surface area (Å²) in [5, 5.41) is 1.84. The maximum Gasteiger partial charge on any atom is 0.240 e. The third-order valence-electron chi connectivity index (χ3n) is 3.70. The van der Waals surface area contributed by atoms with Crippen LogP contribution < -0.4 is 4.72 Å². The number of rotatable bonds is 3. The number of fused-ring (bicyclic) bond motifs is 1. The molecule has 1 N–H and O–H groups in total. The second kappa shape index (κ2) is 5.96. The van der Waals surface area contributed by atoms with Gasteiger partial charge in [-0.3, -0.25) is 0 Å². The summed E-state index contributed by atoms with van der Waals surface area (Å²) in [5.74, 6) is 0. The van der Waals surface area contributed by atoms with Crippen LogP contribution in [0.1, 0.15) is 27.7 Å². The van der Waals surface area contributed by atoms with Crippen LogP contribution in [-0.2, 0) is 10.0 Å². The highest BCUT2D eigenvalue weighted by Gasteiger charge is 2.26. The molecule has 0 bridgehead atoms. The molecule has 0 spiro atoms. The van der Waals surface area contributed by atoms with Crippen LogP contribution >= 0.6 is 23.2 Å². The van der Waals surface area contributed by atoms with Crippen LogP contribution in [0, 0.1) is 5.41 Å². The Bertz CT molecular complexity index is 814. The van der Waals surface area contributed by atoms with Gasteiger partial charge in [-0.2, -0.15) is 0 Å². The Labute approximate surface area is 140 Å². The molecule has 0 aliphatic rings. The van der Waals surface area contributed by atoms with Crippen LogP contribution in [0.4, 0.5) is 0 Å². The minimum Gasteiger partial charge on any atom is -0.242 e. The van der Waals surface area contributed by atoms with Crippen molar-refractivity contribution < 1.29 is 8.42 Å². The van der Waals surface area contributed by atoms with Gasteiger partial charge in [0.25, 0.3) is 0 Å². The monoisotopic (exact) mass is 360 g/mol. The van der Waals surface area contributed by atoms with E-state index in [2.05, 4.69) is 9.71 Å². The molecule has 120 valence electrons. The van der Waals surface area contributed by atoms with E-state index in [0.29, 0.717) is 15.8 Å². The fourth-order valence-corrected chi connectivity index (χ4v) is 3.69. The molecular weight excluding hydrogens is 343 g/mol. The lowest BCUT2D eigenvalue weighted by Gasteiger charge is -2.27. The van der Waals surface area contributed by atoms with Crippen molar-refractivity contribution in [2.75, 3.05) is 0 Å². The first kappa shape index (κ1) is 17.5. The zero-order valence-electron chi connectivity index (χ0n) is 12.8. The van der Waals surface area contributed by atoms with E-state index < -0.39 is 10.0 Å². The van der Waals surface area contributed by atoms with Gasteiger partial charge in [-0.05, 0) is 24.5 Å². The van der Waals surface area contributed by atoms with Crippen LogP contribution in [0.5, 0.6) is 0 Å². The van der Waals surface area contributed by atoms with E-state index in [9.17, 15) is 8.42 Å². The minimum absolute atomic E-state index is 0.141. The standard InChI is InChI=1S/C15H18Cl2N2O2S/c1-9(15(2,3)4)19-22(20,21)10-5-6-11-12(7-10)14(17)18-8-13(11)16/h5-9,19H,1-4H3/t9-/m1/s1. The number of benzene rings is 1. The number of halogens is 2. The van der Waals surface area contributed by atoms with Gasteiger partial charge in [-0.15, -0.1) is 0 Å². The Kier molecular flexibility index (Phi) is 4.74. The molecular formula is C15H18Cl2N2O2S. The predicted octanol–water partition coefficient (Wildman–Crippen LogP) is 4.25. The Hall–Kier alpha value is -0.880. The molecule has 0 unspecified atom stereocenters. The molecule has 0 saturated carbocycles. The average molecular weight is 361 g/mol. The van der Waals surface area contributed by atoms with Gasteiger partial charge in [0.15, 0.2) is 0 Å². The van der Waals surface area contributed by atoms with Gasteiger partial charge in [0.05, 0.1) is 9.92 Å². The summed E-state index contributed by atoms with van der Waals surface area (Å²) in [6, 6.07) is 4.43. The van der Waals surface area contributed by atoms with Crippen molar-refractivity contribution in [2.24, 2.45) is 5.41 Å². The summed E-state index contributed by atoms with van der Waals surface area (Å²) >= 11 is 12.1. The molecule has 1 heterocycles. The van der Waals surface area contributed by atoms with Gasteiger partial charge in [0.1, 0.15) is 5.15 Å². The second-order valence-corrected chi connectivity index (χ2v) is 8.79. The zero-order valence-corrected chi connectivity index (χ0v) is 15.1. The van der Waals surface area contributed by atoms with E-state index in [1.165, 1.54) is 18.3 Å². The summed E-state index contributed by atoms with van der Waals surface area (Å²) in [7, 11) is -3.64. The van der Waals surface area contributed by atoms with E-state index in [4.69, 9.17) is 23.2 Å². The van der Waals surface area contributed by atoms with E-state index in [0.717, 1.165) is 0 Å². The summed E-state index contributed by atoms with van der Waals surface area (Å²) in [6.45, 7) is 7.76. The van der Waals surface area contributed by atoms with Gasteiger partial charge in [0.2, 0.25) is 10.0 Å². The molecule has 1 aromatic carbocycles. The Balaban J connectivity index is 2.49. The highest BCUT2D eigenvalue weighted by atomic mass is 35.5. The van der Waals surface area contributed by atoms with Crippen LogP contribution in [0.25, 0.3) is 10.8 Å².